The van der Waals surface area contributed by atoms with E-state index in [0.717, 1.165) is 6.42 Å². The first-order valence-corrected chi connectivity index (χ1v) is 6.85. The molecule has 0 saturated heterocycles. The third kappa shape index (κ3) is 4.14. The van der Waals surface area contributed by atoms with Crippen molar-refractivity contribution in [3.8, 4) is 17.6 Å². The number of carbonyl (C=O) groups excluding carboxylic acids is 1. The van der Waals surface area contributed by atoms with Gasteiger partial charge >= 0.3 is 5.97 Å². The predicted molar refractivity (Wildman–Crippen MR) is 77.3 cm³/mol. The van der Waals surface area contributed by atoms with Crippen LogP contribution >= 0.6 is 11.6 Å². The third-order valence-electron chi connectivity index (χ3n) is 2.71. The molecule has 1 aliphatic rings. The Morgan fingerprint density at radius 2 is 2.24 bits per heavy atom. The normalized spacial score (nSPS) is 15.1. The van der Waals surface area contributed by atoms with Crippen LogP contribution in [0.4, 0.5) is 0 Å². The molecule has 1 aliphatic heterocycles. The lowest BCUT2D eigenvalue weighted by Crippen LogP contribution is -2.10. The van der Waals surface area contributed by atoms with E-state index in [-0.39, 0.29) is 0 Å². The van der Waals surface area contributed by atoms with E-state index in [1.54, 1.807) is 18.2 Å². The minimum Gasteiger partial charge on any atom is -0.489 e. The summed E-state index contributed by atoms with van der Waals surface area (Å²) in [4.78, 5) is 11.5. The van der Waals surface area contributed by atoms with Gasteiger partial charge in [0, 0.05) is 12.5 Å². The van der Waals surface area contributed by atoms with Crippen molar-refractivity contribution < 1.29 is 19.0 Å². The van der Waals surface area contributed by atoms with Gasteiger partial charge < -0.3 is 14.2 Å². The average Bonchev–Trinajstić information content (AvgIpc) is 2.70. The number of nitrogens with zero attached hydrogens (tertiary/aromatic N) is 1. The Balaban J connectivity index is 2.14. The summed E-state index contributed by atoms with van der Waals surface area (Å²) in [5.41, 5.74) is 0.686. The molecule has 110 valence electrons. The molecular weight excluding hydrogens is 294 g/mol. The summed E-state index contributed by atoms with van der Waals surface area (Å²) < 4.78 is 15.9. The Morgan fingerprint density at radius 3 is 3.00 bits per heavy atom. The number of rotatable bonds is 3. The van der Waals surface area contributed by atoms with E-state index < -0.39 is 12.1 Å². The second-order valence-corrected chi connectivity index (χ2v) is 4.83. The molecule has 1 heterocycles. The summed E-state index contributed by atoms with van der Waals surface area (Å²) in [6.07, 6.45) is 2.79. The van der Waals surface area contributed by atoms with Crippen LogP contribution in [-0.4, -0.2) is 25.3 Å². The summed E-state index contributed by atoms with van der Waals surface area (Å²) in [5, 5.41) is 8.99. The van der Waals surface area contributed by atoms with Crippen molar-refractivity contribution in [2.75, 3.05) is 13.2 Å². The van der Waals surface area contributed by atoms with Crippen molar-refractivity contribution >= 4 is 23.6 Å². The maximum Gasteiger partial charge on any atom is 0.332 e. The molecule has 0 aliphatic carbocycles. The Hall–Kier alpha value is -2.19. The lowest BCUT2D eigenvalue weighted by atomic mass is 10.2. The highest BCUT2D eigenvalue weighted by molar-refractivity contribution is 6.32. The summed E-state index contributed by atoms with van der Waals surface area (Å²) in [7, 11) is 0. The molecule has 6 heteroatoms. The highest BCUT2D eigenvalue weighted by Gasteiger charge is 2.15. The highest BCUT2D eigenvalue weighted by atomic mass is 35.5. The molecule has 0 radical (unpaired) electrons. The van der Waals surface area contributed by atoms with Crippen molar-refractivity contribution in [2.24, 2.45) is 0 Å². The van der Waals surface area contributed by atoms with Crippen LogP contribution in [0.25, 0.3) is 6.08 Å². The zero-order valence-corrected chi connectivity index (χ0v) is 12.2. The number of hydrogen-bond donors (Lipinski definition) is 0. The first-order chi connectivity index (χ1) is 10.1. The van der Waals surface area contributed by atoms with Gasteiger partial charge in [-0.15, -0.1) is 0 Å². The minimum absolute atomic E-state index is 0.424. The molecule has 1 atom stereocenters. The van der Waals surface area contributed by atoms with Gasteiger partial charge in [-0.05, 0) is 30.7 Å². The summed E-state index contributed by atoms with van der Waals surface area (Å²) >= 11 is 6.14. The molecule has 0 bridgehead atoms. The first kappa shape index (κ1) is 15.2. The third-order valence-corrected chi connectivity index (χ3v) is 2.99. The maximum atomic E-state index is 11.5. The van der Waals surface area contributed by atoms with Crippen molar-refractivity contribution in [1.82, 2.24) is 0 Å². The van der Waals surface area contributed by atoms with Crippen molar-refractivity contribution in [1.29, 1.82) is 5.26 Å². The number of carbonyl (C=O) groups is 1. The summed E-state index contributed by atoms with van der Waals surface area (Å²) in [5.74, 6) is 0.484. The molecule has 1 aromatic carbocycles. The SMILES string of the molecule is C[C@H](C#N)OC(=O)/C=C/c1cc(Cl)c2c(c1)OCCCO2. The molecule has 5 nitrogen and oxygen atoms in total. The predicted octanol–water partition coefficient (Wildman–Crippen LogP) is 2.97. The Labute approximate surface area is 127 Å². The molecule has 0 amide bonds. The quantitative estimate of drug-likeness (QED) is 0.634. The molecule has 0 unspecified atom stereocenters. The van der Waals surface area contributed by atoms with Gasteiger partial charge in [-0.25, -0.2) is 4.79 Å². The molecule has 0 saturated carbocycles. The second kappa shape index (κ2) is 7.00. The van der Waals surface area contributed by atoms with Crippen LogP contribution in [0.3, 0.4) is 0 Å². The number of esters is 1. The van der Waals surface area contributed by atoms with Crippen LogP contribution in [0.1, 0.15) is 18.9 Å². The smallest absolute Gasteiger partial charge is 0.332 e. The number of halogens is 1. The molecule has 21 heavy (non-hydrogen) atoms. The van der Waals surface area contributed by atoms with Crippen LogP contribution in [0.5, 0.6) is 11.5 Å². The van der Waals surface area contributed by atoms with E-state index in [1.165, 1.54) is 13.0 Å². The fourth-order valence-corrected chi connectivity index (χ4v) is 2.02. The minimum atomic E-state index is -0.783. The zero-order valence-electron chi connectivity index (χ0n) is 11.5. The van der Waals surface area contributed by atoms with Crippen LogP contribution in [0.15, 0.2) is 18.2 Å². The molecule has 1 aromatic rings. The van der Waals surface area contributed by atoms with E-state index in [0.29, 0.717) is 35.3 Å². The fourth-order valence-electron chi connectivity index (χ4n) is 1.75. The topological polar surface area (TPSA) is 68.5 Å². The van der Waals surface area contributed by atoms with Gasteiger partial charge in [0.2, 0.25) is 0 Å². The Morgan fingerprint density at radius 1 is 1.48 bits per heavy atom. The van der Waals surface area contributed by atoms with Crippen molar-refractivity contribution in [3.63, 3.8) is 0 Å². The Bertz CT molecular complexity index is 606. The van der Waals surface area contributed by atoms with Crippen LogP contribution in [0, 0.1) is 11.3 Å². The first-order valence-electron chi connectivity index (χ1n) is 6.47. The maximum absolute atomic E-state index is 11.5. The number of hydrogen-bond acceptors (Lipinski definition) is 5. The van der Waals surface area contributed by atoms with Gasteiger partial charge in [-0.2, -0.15) is 5.26 Å². The van der Waals surface area contributed by atoms with E-state index in [2.05, 4.69) is 0 Å². The molecular formula is C15H14ClNO4. The highest BCUT2D eigenvalue weighted by Crippen LogP contribution is 2.38. The monoisotopic (exact) mass is 307 g/mol. The largest absolute Gasteiger partial charge is 0.489 e. The van der Waals surface area contributed by atoms with Crippen LogP contribution in [0.2, 0.25) is 5.02 Å². The second-order valence-electron chi connectivity index (χ2n) is 4.42. The van der Waals surface area contributed by atoms with Gasteiger partial charge in [-0.3, -0.25) is 0 Å². The number of benzene rings is 1. The van der Waals surface area contributed by atoms with E-state index >= 15 is 0 Å². The van der Waals surface area contributed by atoms with Gasteiger partial charge in [0.05, 0.1) is 18.2 Å². The number of fused-ring (bicyclic) bond motifs is 1. The van der Waals surface area contributed by atoms with Crippen LogP contribution in [-0.2, 0) is 9.53 Å². The van der Waals surface area contributed by atoms with Crippen molar-refractivity contribution in [2.45, 2.75) is 19.4 Å². The summed E-state index contributed by atoms with van der Waals surface area (Å²) in [6.45, 7) is 2.61. The van der Waals surface area contributed by atoms with Crippen LogP contribution < -0.4 is 9.47 Å². The van der Waals surface area contributed by atoms with E-state index in [9.17, 15) is 4.79 Å². The van der Waals surface area contributed by atoms with E-state index in [1.807, 2.05) is 6.07 Å². The van der Waals surface area contributed by atoms with Gasteiger partial charge in [0.1, 0.15) is 6.07 Å². The number of ether oxygens (including phenoxy) is 3. The van der Waals surface area contributed by atoms with Gasteiger partial charge in [-0.1, -0.05) is 11.6 Å². The molecule has 0 fully saturated rings. The average molecular weight is 308 g/mol. The lowest BCUT2D eigenvalue weighted by Gasteiger charge is -2.10. The molecule has 0 aromatic heterocycles. The summed E-state index contributed by atoms with van der Waals surface area (Å²) in [6, 6.07) is 5.23. The molecule has 2 rings (SSSR count). The van der Waals surface area contributed by atoms with Gasteiger partial charge in [0.25, 0.3) is 0 Å². The van der Waals surface area contributed by atoms with E-state index in [4.69, 9.17) is 31.1 Å². The van der Waals surface area contributed by atoms with Crippen molar-refractivity contribution in [3.05, 3.63) is 28.8 Å². The number of nitriles is 1. The fraction of sp³-hybridized carbons (Fsp3) is 0.333. The zero-order chi connectivity index (χ0) is 15.2. The lowest BCUT2D eigenvalue weighted by molar-refractivity contribution is -0.139. The Kier molecular flexibility index (Phi) is 5.07. The molecule has 0 N–H and O–H groups in total. The molecule has 0 spiro atoms. The standard InChI is InChI=1S/C15H14ClNO4/c1-10(9-17)21-14(18)4-3-11-7-12(16)15-13(8-11)19-5-2-6-20-15/h3-4,7-8,10H,2,5-6H2,1H3/b4-3+/t10-/m1/s1. The van der Waals surface area contributed by atoms with Gasteiger partial charge in [0.15, 0.2) is 17.6 Å².